The molecule has 11 heteroatoms. The van der Waals surface area contributed by atoms with Crippen LogP contribution < -0.4 is 5.32 Å². The van der Waals surface area contributed by atoms with Gasteiger partial charge in [0.1, 0.15) is 5.82 Å². The van der Waals surface area contributed by atoms with E-state index in [1.165, 1.54) is 12.1 Å². The Kier molecular flexibility index (Phi) is 8.04. The van der Waals surface area contributed by atoms with E-state index < -0.39 is 21.9 Å². The van der Waals surface area contributed by atoms with Gasteiger partial charge in [0, 0.05) is 30.0 Å². The maximum atomic E-state index is 13.0. The van der Waals surface area contributed by atoms with Gasteiger partial charge in [0.15, 0.2) is 9.84 Å². The third-order valence-corrected chi connectivity index (χ3v) is 9.53. The molecule has 4 rings (SSSR count). The number of aryl methyl sites for hydroxylation is 1. The highest BCUT2D eigenvalue weighted by molar-refractivity contribution is 9.10. The highest BCUT2D eigenvalue weighted by Gasteiger charge is 2.41. The number of fused-ring (bicyclic) bond motifs is 1. The Morgan fingerprint density at radius 1 is 1.14 bits per heavy atom. The molecule has 0 aliphatic heterocycles. The number of nitrogens with zero attached hydrogens (tertiary/aromatic N) is 2. The predicted octanol–water partition coefficient (Wildman–Crippen LogP) is 5.97. The van der Waals surface area contributed by atoms with E-state index in [4.69, 9.17) is 4.98 Å². The maximum absolute atomic E-state index is 13.0. The van der Waals surface area contributed by atoms with Crippen LogP contribution in [-0.2, 0) is 29.9 Å². The molecule has 6 nitrogen and oxygen atoms in total. The first-order chi connectivity index (χ1) is 17.4. The minimum absolute atomic E-state index is 0.0227. The number of amides is 1. The van der Waals surface area contributed by atoms with Gasteiger partial charge in [-0.3, -0.25) is 4.79 Å². The molecule has 0 atom stereocenters. The van der Waals surface area contributed by atoms with Crippen molar-refractivity contribution in [1.82, 2.24) is 14.9 Å². The topological polar surface area (TPSA) is 81.1 Å². The van der Waals surface area contributed by atoms with Crippen LogP contribution in [-0.4, -0.2) is 35.8 Å². The van der Waals surface area contributed by atoms with Crippen molar-refractivity contribution in [2.75, 3.05) is 5.75 Å². The van der Waals surface area contributed by atoms with E-state index in [9.17, 15) is 26.4 Å². The van der Waals surface area contributed by atoms with E-state index in [-0.39, 0.29) is 41.9 Å². The summed E-state index contributed by atoms with van der Waals surface area (Å²) in [5, 5.41) is 2.85. The molecule has 0 radical (unpaired) electrons. The Morgan fingerprint density at radius 3 is 2.38 bits per heavy atom. The van der Waals surface area contributed by atoms with Gasteiger partial charge in [-0.25, -0.2) is 13.4 Å². The number of carbonyl (C=O) groups is 1. The molecule has 0 bridgehead atoms. The van der Waals surface area contributed by atoms with Crippen molar-refractivity contribution in [1.29, 1.82) is 0 Å². The molecule has 1 N–H and O–H groups in total. The molecular weight excluding hydrogens is 571 g/mol. The van der Waals surface area contributed by atoms with E-state index in [0.29, 0.717) is 34.8 Å². The van der Waals surface area contributed by atoms with E-state index >= 15 is 0 Å². The van der Waals surface area contributed by atoms with Gasteiger partial charge in [-0.1, -0.05) is 19.1 Å². The van der Waals surface area contributed by atoms with Crippen LogP contribution in [0.4, 0.5) is 13.2 Å². The molecule has 1 aliphatic rings. The summed E-state index contributed by atoms with van der Waals surface area (Å²) in [5.74, 6) is -0.554. The summed E-state index contributed by atoms with van der Waals surface area (Å²) >= 11 is 3.54. The standard InChI is InChI=1S/C26H29BrF3N3O3S/c1-3-37(35,36)20-10-6-17(7-11-20)15-31-25(34)18-13-21(27)24-22(14-18)32-23(33(24)2)12-16-4-8-19(9-5-16)26(28,29)30/h6-7,10-11,13-14,16,19H,3-5,8-9,12,15H2,1-2H3,(H,31,34). The van der Waals surface area contributed by atoms with Crippen LogP contribution in [0.15, 0.2) is 45.8 Å². The fourth-order valence-corrected chi connectivity index (χ4v) is 6.48. The number of carbonyl (C=O) groups excluding carboxylic acids is 1. The number of benzene rings is 2. The van der Waals surface area contributed by atoms with E-state index in [0.717, 1.165) is 16.9 Å². The molecule has 1 amide bonds. The molecule has 0 spiro atoms. The summed E-state index contributed by atoms with van der Waals surface area (Å²) in [6.07, 6.45) is -2.18. The van der Waals surface area contributed by atoms with Gasteiger partial charge in [0.25, 0.3) is 5.91 Å². The average Bonchev–Trinajstić information content (AvgIpc) is 3.17. The number of nitrogens with one attached hydrogen (secondary N) is 1. The first kappa shape index (κ1) is 27.6. The van der Waals surface area contributed by atoms with Crippen LogP contribution in [0.25, 0.3) is 11.0 Å². The molecular formula is C26H29BrF3N3O3S. The number of hydrogen-bond donors (Lipinski definition) is 1. The van der Waals surface area contributed by atoms with Crippen LogP contribution in [0, 0.1) is 11.8 Å². The van der Waals surface area contributed by atoms with Gasteiger partial charge >= 0.3 is 6.18 Å². The Morgan fingerprint density at radius 2 is 1.78 bits per heavy atom. The molecule has 1 aliphatic carbocycles. The van der Waals surface area contributed by atoms with Crippen molar-refractivity contribution in [2.45, 2.75) is 56.6 Å². The third-order valence-electron chi connectivity index (χ3n) is 7.17. The second-order valence-corrected chi connectivity index (χ2v) is 12.7. The molecule has 1 aromatic heterocycles. The summed E-state index contributed by atoms with van der Waals surface area (Å²) in [5.41, 5.74) is 2.64. The highest BCUT2D eigenvalue weighted by Crippen LogP contribution is 2.40. The molecule has 0 saturated heterocycles. The lowest BCUT2D eigenvalue weighted by Crippen LogP contribution is -2.28. The molecule has 200 valence electrons. The van der Waals surface area contributed by atoms with Gasteiger partial charge in [-0.15, -0.1) is 0 Å². The SMILES string of the molecule is CCS(=O)(=O)c1ccc(CNC(=O)c2cc(Br)c3c(c2)nc(CC2CCC(C(F)(F)F)CC2)n3C)cc1. The van der Waals surface area contributed by atoms with Crippen molar-refractivity contribution in [3.05, 3.63) is 57.8 Å². The summed E-state index contributed by atoms with van der Waals surface area (Å²) < 4.78 is 65.5. The molecule has 0 unspecified atom stereocenters. The summed E-state index contributed by atoms with van der Waals surface area (Å²) in [7, 11) is -1.41. The third kappa shape index (κ3) is 6.19. The van der Waals surface area contributed by atoms with Gasteiger partial charge in [-0.2, -0.15) is 13.2 Å². The number of halogens is 4. The predicted molar refractivity (Wildman–Crippen MR) is 139 cm³/mol. The number of sulfone groups is 1. The molecule has 3 aromatic rings. The lowest BCUT2D eigenvalue weighted by Gasteiger charge is -2.29. The number of alkyl halides is 3. The normalized spacial score (nSPS) is 18.8. The lowest BCUT2D eigenvalue weighted by atomic mass is 9.80. The molecule has 37 heavy (non-hydrogen) atoms. The lowest BCUT2D eigenvalue weighted by molar-refractivity contribution is -0.183. The molecule has 1 heterocycles. The highest BCUT2D eigenvalue weighted by atomic mass is 79.9. The van der Waals surface area contributed by atoms with E-state index in [2.05, 4.69) is 21.2 Å². The fourth-order valence-electron chi connectivity index (χ4n) is 4.88. The van der Waals surface area contributed by atoms with Crippen LogP contribution in [0.2, 0.25) is 0 Å². The van der Waals surface area contributed by atoms with Gasteiger partial charge in [0.05, 0.1) is 27.6 Å². The second kappa shape index (κ2) is 10.8. The number of aromatic nitrogens is 2. The molecule has 2 aromatic carbocycles. The van der Waals surface area contributed by atoms with Crippen LogP contribution in [0.3, 0.4) is 0 Å². The van der Waals surface area contributed by atoms with E-state index in [1.807, 2.05) is 11.6 Å². The first-order valence-electron chi connectivity index (χ1n) is 12.2. The van der Waals surface area contributed by atoms with Crippen LogP contribution in [0.1, 0.15) is 54.4 Å². The first-order valence-corrected chi connectivity index (χ1v) is 14.6. The summed E-state index contributed by atoms with van der Waals surface area (Å²) in [4.78, 5) is 17.8. The van der Waals surface area contributed by atoms with Gasteiger partial charge in [0.2, 0.25) is 0 Å². The maximum Gasteiger partial charge on any atom is 0.391 e. The van der Waals surface area contributed by atoms with Crippen molar-refractivity contribution in [3.8, 4) is 0 Å². The minimum Gasteiger partial charge on any atom is -0.348 e. The van der Waals surface area contributed by atoms with Crippen molar-refractivity contribution >= 4 is 42.7 Å². The van der Waals surface area contributed by atoms with E-state index in [1.54, 1.807) is 31.2 Å². The summed E-state index contributed by atoms with van der Waals surface area (Å²) in [6.45, 7) is 1.82. The Balaban J connectivity index is 1.44. The van der Waals surface area contributed by atoms with Crippen molar-refractivity contribution in [3.63, 3.8) is 0 Å². The Bertz CT molecular complexity index is 1390. The largest absolute Gasteiger partial charge is 0.391 e. The number of rotatable bonds is 7. The molecule has 1 saturated carbocycles. The second-order valence-electron chi connectivity index (χ2n) is 9.61. The fraction of sp³-hybridized carbons (Fsp3) is 0.462. The van der Waals surface area contributed by atoms with Gasteiger partial charge < -0.3 is 9.88 Å². The summed E-state index contributed by atoms with van der Waals surface area (Å²) in [6, 6.07) is 9.84. The monoisotopic (exact) mass is 599 g/mol. The zero-order chi connectivity index (χ0) is 27.0. The zero-order valence-corrected chi connectivity index (χ0v) is 23.0. The van der Waals surface area contributed by atoms with Gasteiger partial charge in [-0.05, 0) is 77.4 Å². The molecule has 1 fully saturated rings. The van der Waals surface area contributed by atoms with Crippen LogP contribution >= 0.6 is 15.9 Å². The quantitative estimate of drug-likeness (QED) is 0.363. The smallest absolute Gasteiger partial charge is 0.348 e. The Labute approximate surface area is 222 Å². The van der Waals surface area contributed by atoms with Crippen molar-refractivity contribution in [2.24, 2.45) is 18.9 Å². The zero-order valence-electron chi connectivity index (χ0n) is 20.6. The number of imidazole rings is 1. The Hall–Kier alpha value is -2.40. The number of hydrogen-bond acceptors (Lipinski definition) is 4. The minimum atomic E-state index is -4.12. The van der Waals surface area contributed by atoms with Crippen molar-refractivity contribution < 1.29 is 26.4 Å². The average molecular weight is 601 g/mol. The van der Waals surface area contributed by atoms with Crippen LogP contribution in [0.5, 0.6) is 0 Å².